The van der Waals surface area contributed by atoms with Crippen LogP contribution in [0.4, 0.5) is 5.69 Å². The predicted octanol–water partition coefficient (Wildman–Crippen LogP) is -2.51. The summed E-state index contributed by atoms with van der Waals surface area (Å²) in [6.07, 6.45) is 0. The van der Waals surface area contributed by atoms with Crippen LogP contribution in [-0.2, 0) is 10.1 Å². The Morgan fingerprint density at radius 3 is 2.23 bits per heavy atom. The van der Waals surface area contributed by atoms with E-state index in [4.69, 9.17) is 5.73 Å². The topological polar surface area (TPSA) is 83.2 Å². The van der Waals surface area contributed by atoms with Gasteiger partial charge in [0.15, 0.2) is 0 Å². The van der Waals surface area contributed by atoms with Gasteiger partial charge in [0.25, 0.3) is 0 Å². The molecule has 0 amide bonds. The van der Waals surface area contributed by atoms with Crippen molar-refractivity contribution in [3.05, 3.63) is 23.8 Å². The molecule has 66 valence electrons. The Balaban J connectivity index is 0.00000144. The number of benzene rings is 1. The Morgan fingerprint density at radius 2 is 1.92 bits per heavy atom. The molecule has 1 rings (SSSR count). The van der Waals surface area contributed by atoms with Gasteiger partial charge in [-0.15, -0.1) is 0 Å². The molecule has 1 aromatic carbocycles. The van der Waals surface area contributed by atoms with Crippen molar-refractivity contribution in [1.29, 1.82) is 0 Å². The van der Waals surface area contributed by atoms with Gasteiger partial charge < -0.3 is 10.3 Å². The summed E-state index contributed by atoms with van der Waals surface area (Å²) in [5.74, 6) is 0. The van der Waals surface area contributed by atoms with E-state index in [2.05, 4.69) is 0 Å². The molecule has 1 aromatic rings. The summed E-state index contributed by atoms with van der Waals surface area (Å²) in [6, 6.07) is 4.51. The van der Waals surface area contributed by atoms with Gasteiger partial charge in [0.05, 0.1) is 4.90 Å². The molecule has 0 saturated heterocycles. The molecule has 0 heterocycles. The van der Waals surface area contributed by atoms with Gasteiger partial charge in [-0.2, -0.15) is 0 Å². The average Bonchev–Trinajstić information content (AvgIpc) is 1.82. The van der Waals surface area contributed by atoms with Crippen LogP contribution < -0.4 is 57.1 Å². The van der Waals surface area contributed by atoms with Crippen LogP contribution in [0.5, 0.6) is 0 Å². The first-order valence-corrected chi connectivity index (χ1v) is 4.65. The monoisotopic (exact) mass is 225 g/mol. The summed E-state index contributed by atoms with van der Waals surface area (Å²) in [5.41, 5.74) is 5.71. The maximum atomic E-state index is 10.6. The zero-order chi connectivity index (χ0) is 9.35. The van der Waals surface area contributed by atoms with Crippen molar-refractivity contribution in [2.45, 2.75) is 11.8 Å². The fourth-order valence-corrected chi connectivity index (χ4v) is 1.84. The summed E-state index contributed by atoms with van der Waals surface area (Å²) < 4.78 is 31.9. The summed E-state index contributed by atoms with van der Waals surface area (Å²) in [5, 5.41) is 0. The van der Waals surface area contributed by atoms with Crippen LogP contribution in [0, 0.1) is 6.92 Å². The summed E-state index contributed by atoms with van der Waals surface area (Å²) in [4.78, 5) is -0.315. The maximum absolute atomic E-state index is 10.6. The number of rotatable bonds is 1. The molecule has 13 heavy (non-hydrogen) atoms. The van der Waals surface area contributed by atoms with Crippen molar-refractivity contribution >= 4 is 15.8 Å². The number of nitrogen functional groups attached to an aromatic ring is 1. The van der Waals surface area contributed by atoms with E-state index in [1.54, 1.807) is 6.07 Å². The second-order valence-electron chi connectivity index (χ2n) is 2.45. The third-order valence-electron chi connectivity index (χ3n) is 1.49. The van der Waals surface area contributed by atoms with Gasteiger partial charge in [-0.1, -0.05) is 12.1 Å². The number of hydrogen-bond donors (Lipinski definition) is 1. The quantitative estimate of drug-likeness (QED) is 0.325. The first-order valence-electron chi connectivity index (χ1n) is 3.24. The van der Waals surface area contributed by atoms with Crippen LogP contribution >= 0.6 is 0 Å². The summed E-state index contributed by atoms with van der Waals surface area (Å²) in [6.45, 7) is 1.53. The van der Waals surface area contributed by atoms with Gasteiger partial charge in [0.1, 0.15) is 10.1 Å². The second-order valence-corrected chi connectivity index (χ2v) is 3.76. The minimum absolute atomic E-state index is 0. The molecule has 6 heteroatoms. The van der Waals surface area contributed by atoms with E-state index in [1.807, 2.05) is 0 Å². The zero-order valence-corrected chi connectivity index (χ0v) is 11.4. The molecule has 4 nitrogen and oxygen atoms in total. The molecular formula is C7H8KNO3S. The Bertz CT molecular complexity index is 382. The first kappa shape index (κ1) is 13.6. The van der Waals surface area contributed by atoms with E-state index in [9.17, 15) is 13.0 Å². The molecule has 0 bridgehead atoms. The van der Waals surface area contributed by atoms with Gasteiger partial charge in [0.2, 0.25) is 0 Å². The molecular weight excluding hydrogens is 217 g/mol. The van der Waals surface area contributed by atoms with Crippen molar-refractivity contribution in [3.63, 3.8) is 0 Å². The van der Waals surface area contributed by atoms with Crippen LogP contribution in [0.25, 0.3) is 0 Å². The number of hydrogen-bond acceptors (Lipinski definition) is 4. The van der Waals surface area contributed by atoms with Gasteiger partial charge in [-0.05, 0) is 18.6 Å². The van der Waals surface area contributed by atoms with Crippen LogP contribution in [0.2, 0.25) is 0 Å². The first-order chi connectivity index (χ1) is 5.43. The Kier molecular flexibility index (Phi) is 5.09. The Morgan fingerprint density at radius 1 is 1.38 bits per heavy atom. The Hall–Kier alpha value is 0.566. The largest absolute Gasteiger partial charge is 1.00 e. The molecule has 0 fully saturated rings. The number of nitrogens with two attached hydrogens (primary N) is 1. The molecule has 2 N–H and O–H groups in total. The van der Waals surface area contributed by atoms with Crippen molar-refractivity contribution in [2.75, 3.05) is 5.73 Å². The average molecular weight is 225 g/mol. The van der Waals surface area contributed by atoms with Crippen molar-refractivity contribution in [1.82, 2.24) is 0 Å². The standard InChI is InChI=1S/C7H9NO3S.K/c1-5-3-2-4-6(8)7(5)12(9,10)11;/h2-4H,8H2,1H3,(H,9,10,11);/q;+1/p-1. The van der Waals surface area contributed by atoms with Crippen molar-refractivity contribution < 1.29 is 64.4 Å². The van der Waals surface area contributed by atoms with Gasteiger partial charge >= 0.3 is 51.4 Å². The Labute approximate surface area is 120 Å². The van der Waals surface area contributed by atoms with Gasteiger partial charge in [-0.3, -0.25) is 0 Å². The number of anilines is 1. The number of aryl methyl sites for hydroxylation is 1. The van der Waals surface area contributed by atoms with E-state index in [0.717, 1.165) is 0 Å². The predicted molar refractivity (Wildman–Crippen MR) is 43.6 cm³/mol. The third-order valence-corrected chi connectivity index (χ3v) is 2.55. The smallest absolute Gasteiger partial charge is 0.744 e. The van der Waals surface area contributed by atoms with E-state index in [-0.39, 0.29) is 62.0 Å². The molecule has 0 atom stereocenters. The maximum Gasteiger partial charge on any atom is 1.00 e. The van der Waals surface area contributed by atoms with Crippen LogP contribution in [0.15, 0.2) is 23.1 Å². The molecule has 0 aliphatic carbocycles. The van der Waals surface area contributed by atoms with Crippen molar-refractivity contribution in [2.24, 2.45) is 0 Å². The molecule has 0 aliphatic rings. The molecule has 0 radical (unpaired) electrons. The van der Waals surface area contributed by atoms with Crippen LogP contribution in [-0.4, -0.2) is 13.0 Å². The van der Waals surface area contributed by atoms with E-state index >= 15 is 0 Å². The van der Waals surface area contributed by atoms with Crippen molar-refractivity contribution in [3.8, 4) is 0 Å². The van der Waals surface area contributed by atoms with E-state index in [0.29, 0.717) is 5.56 Å². The van der Waals surface area contributed by atoms with Gasteiger partial charge in [0, 0.05) is 5.69 Å². The SMILES string of the molecule is Cc1cccc(N)c1S(=O)(=O)[O-].[K+]. The summed E-state index contributed by atoms with van der Waals surface area (Å²) >= 11 is 0. The fraction of sp³-hybridized carbons (Fsp3) is 0.143. The normalized spacial score (nSPS) is 10.6. The molecule has 0 aromatic heterocycles. The minimum atomic E-state index is -4.44. The van der Waals surface area contributed by atoms with Crippen LogP contribution in [0.3, 0.4) is 0 Å². The van der Waals surface area contributed by atoms with E-state index in [1.165, 1.54) is 19.1 Å². The summed E-state index contributed by atoms with van der Waals surface area (Å²) in [7, 11) is -4.44. The van der Waals surface area contributed by atoms with E-state index < -0.39 is 10.1 Å². The molecule has 0 aliphatic heterocycles. The second kappa shape index (κ2) is 4.88. The molecule has 0 saturated carbocycles. The molecule has 0 unspecified atom stereocenters. The van der Waals surface area contributed by atoms with Crippen LogP contribution in [0.1, 0.15) is 5.56 Å². The molecule has 0 spiro atoms. The van der Waals surface area contributed by atoms with Gasteiger partial charge in [-0.25, -0.2) is 8.42 Å². The zero-order valence-electron chi connectivity index (χ0n) is 7.44. The third kappa shape index (κ3) is 3.32. The fourth-order valence-electron chi connectivity index (χ4n) is 1.02. The minimum Gasteiger partial charge on any atom is -0.744 e.